The zero-order valence-corrected chi connectivity index (χ0v) is 11.4. The van der Waals surface area contributed by atoms with Crippen LogP contribution in [0.15, 0.2) is 42.5 Å². The van der Waals surface area contributed by atoms with E-state index in [1.807, 2.05) is 31.2 Å². The molecule has 1 atom stereocenters. The van der Waals surface area contributed by atoms with Crippen LogP contribution in [0.4, 0.5) is 10.1 Å². The summed E-state index contributed by atoms with van der Waals surface area (Å²) < 4.78 is 18.6. The maximum Gasteiger partial charge on any atom is 0.165 e. The maximum atomic E-state index is 13.7. The Morgan fingerprint density at radius 1 is 1.25 bits per heavy atom. The van der Waals surface area contributed by atoms with Crippen LogP contribution in [0, 0.1) is 24.1 Å². The van der Waals surface area contributed by atoms with Gasteiger partial charge in [-0.25, -0.2) is 4.39 Å². The molecule has 20 heavy (non-hydrogen) atoms. The lowest BCUT2D eigenvalue weighted by molar-refractivity contribution is 0.386. The molecule has 0 aliphatic rings. The number of halogens is 1. The van der Waals surface area contributed by atoms with Crippen molar-refractivity contribution in [3.05, 3.63) is 59.4 Å². The number of hydrogen-bond donors (Lipinski definition) is 1. The zero-order chi connectivity index (χ0) is 14.5. The lowest BCUT2D eigenvalue weighted by atomic mass is 10.1. The first-order valence-corrected chi connectivity index (χ1v) is 6.21. The molecule has 3 nitrogen and oxygen atoms in total. The summed E-state index contributed by atoms with van der Waals surface area (Å²) in [5.41, 5.74) is 2.45. The van der Waals surface area contributed by atoms with E-state index in [1.54, 1.807) is 6.07 Å². The number of para-hydroxylation sites is 1. The highest BCUT2D eigenvalue weighted by molar-refractivity contribution is 5.53. The van der Waals surface area contributed by atoms with E-state index < -0.39 is 11.9 Å². The molecular weight excluding hydrogens is 255 g/mol. The van der Waals surface area contributed by atoms with Gasteiger partial charge in [0.15, 0.2) is 11.6 Å². The molecule has 0 heterocycles. The molecule has 0 saturated carbocycles. The van der Waals surface area contributed by atoms with Crippen molar-refractivity contribution in [3.8, 4) is 11.8 Å². The van der Waals surface area contributed by atoms with Gasteiger partial charge in [0, 0.05) is 5.69 Å². The fraction of sp³-hybridized carbons (Fsp3) is 0.188. The van der Waals surface area contributed by atoms with Crippen LogP contribution in [0.5, 0.6) is 5.75 Å². The Morgan fingerprint density at radius 3 is 2.60 bits per heavy atom. The zero-order valence-electron chi connectivity index (χ0n) is 11.4. The molecule has 0 aliphatic heterocycles. The molecule has 1 N–H and O–H groups in total. The Balaban J connectivity index is 2.27. The SMILES string of the molecule is COc1ccc(C(C#N)Nc2ccccc2C)cc1F. The molecule has 2 rings (SSSR count). The summed E-state index contributed by atoms with van der Waals surface area (Å²) in [6.45, 7) is 1.95. The summed E-state index contributed by atoms with van der Waals surface area (Å²) in [4.78, 5) is 0. The highest BCUT2D eigenvalue weighted by Crippen LogP contribution is 2.25. The van der Waals surface area contributed by atoms with Crippen LogP contribution in [-0.4, -0.2) is 7.11 Å². The molecule has 0 amide bonds. The van der Waals surface area contributed by atoms with Crippen molar-refractivity contribution in [2.24, 2.45) is 0 Å². The maximum absolute atomic E-state index is 13.7. The number of aryl methyl sites for hydroxylation is 1. The third-order valence-corrected chi connectivity index (χ3v) is 3.08. The number of rotatable bonds is 4. The fourth-order valence-corrected chi connectivity index (χ4v) is 1.94. The number of ether oxygens (including phenoxy) is 1. The molecule has 1 unspecified atom stereocenters. The van der Waals surface area contributed by atoms with Crippen molar-refractivity contribution in [2.45, 2.75) is 13.0 Å². The highest BCUT2D eigenvalue weighted by atomic mass is 19.1. The van der Waals surface area contributed by atoms with E-state index in [1.165, 1.54) is 19.2 Å². The molecular formula is C16H15FN2O. The van der Waals surface area contributed by atoms with Gasteiger partial charge in [-0.2, -0.15) is 5.26 Å². The van der Waals surface area contributed by atoms with Gasteiger partial charge in [-0.05, 0) is 36.2 Å². The van der Waals surface area contributed by atoms with Crippen molar-refractivity contribution in [2.75, 3.05) is 12.4 Å². The summed E-state index contributed by atoms with van der Waals surface area (Å²) in [7, 11) is 1.41. The predicted octanol–water partition coefficient (Wildman–Crippen LogP) is 3.82. The molecule has 0 saturated heterocycles. The minimum Gasteiger partial charge on any atom is -0.494 e. The first-order valence-electron chi connectivity index (χ1n) is 6.21. The Labute approximate surface area is 117 Å². The van der Waals surface area contributed by atoms with Gasteiger partial charge in [-0.3, -0.25) is 0 Å². The van der Waals surface area contributed by atoms with Gasteiger partial charge in [0.05, 0.1) is 13.2 Å². The summed E-state index contributed by atoms with van der Waals surface area (Å²) >= 11 is 0. The van der Waals surface area contributed by atoms with Crippen LogP contribution in [0.1, 0.15) is 17.2 Å². The van der Waals surface area contributed by atoms with Crippen LogP contribution in [0.2, 0.25) is 0 Å². The molecule has 2 aromatic carbocycles. The van der Waals surface area contributed by atoms with Gasteiger partial charge < -0.3 is 10.1 Å². The number of nitriles is 1. The van der Waals surface area contributed by atoms with Crippen molar-refractivity contribution in [3.63, 3.8) is 0 Å². The third-order valence-electron chi connectivity index (χ3n) is 3.08. The number of nitrogens with one attached hydrogen (secondary N) is 1. The molecule has 0 aromatic heterocycles. The lowest BCUT2D eigenvalue weighted by Crippen LogP contribution is -2.09. The first kappa shape index (κ1) is 13.9. The van der Waals surface area contributed by atoms with E-state index in [0.717, 1.165) is 11.3 Å². The van der Waals surface area contributed by atoms with Crippen LogP contribution in [0.3, 0.4) is 0 Å². The Hall–Kier alpha value is -2.54. The van der Waals surface area contributed by atoms with Crippen LogP contribution in [-0.2, 0) is 0 Å². The largest absolute Gasteiger partial charge is 0.494 e. The second kappa shape index (κ2) is 6.07. The summed E-state index contributed by atoms with van der Waals surface area (Å²) in [5, 5.41) is 12.4. The van der Waals surface area contributed by atoms with E-state index in [0.29, 0.717) is 5.56 Å². The predicted molar refractivity (Wildman–Crippen MR) is 76.1 cm³/mol. The highest BCUT2D eigenvalue weighted by Gasteiger charge is 2.14. The van der Waals surface area contributed by atoms with E-state index in [9.17, 15) is 9.65 Å². The van der Waals surface area contributed by atoms with Crippen molar-refractivity contribution in [1.82, 2.24) is 0 Å². The second-order valence-corrected chi connectivity index (χ2v) is 4.42. The molecule has 0 radical (unpaired) electrons. The average molecular weight is 270 g/mol. The molecule has 0 aliphatic carbocycles. The number of anilines is 1. The van der Waals surface area contributed by atoms with Gasteiger partial charge >= 0.3 is 0 Å². The minimum absolute atomic E-state index is 0.168. The van der Waals surface area contributed by atoms with Gasteiger partial charge in [-0.1, -0.05) is 24.3 Å². The fourth-order valence-electron chi connectivity index (χ4n) is 1.94. The van der Waals surface area contributed by atoms with E-state index in [-0.39, 0.29) is 5.75 Å². The first-order chi connectivity index (χ1) is 9.65. The van der Waals surface area contributed by atoms with E-state index in [4.69, 9.17) is 4.74 Å². The second-order valence-electron chi connectivity index (χ2n) is 4.42. The molecule has 0 fully saturated rings. The number of benzene rings is 2. The van der Waals surface area contributed by atoms with Gasteiger partial charge in [0.25, 0.3) is 0 Å². The summed E-state index contributed by atoms with van der Waals surface area (Å²) in [5.74, 6) is -0.307. The molecule has 0 bridgehead atoms. The monoisotopic (exact) mass is 270 g/mol. The smallest absolute Gasteiger partial charge is 0.165 e. The summed E-state index contributed by atoms with van der Waals surface area (Å²) in [6, 6.07) is 13.7. The standard InChI is InChI=1S/C16H15FN2O/c1-11-5-3-4-6-14(11)19-15(10-18)12-7-8-16(20-2)13(17)9-12/h3-9,15,19H,1-2H3. The molecule has 2 aromatic rings. The van der Waals surface area contributed by atoms with Crippen LogP contribution >= 0.6 is 0 Å². The van der Waals surface area contributed by atoms with Crippen LogP contribution < -0.4 is 10.1 Å². The average Bonchev–Trinajstić information content (AvgIpc) is 2.46. The molecule has 0 spiro atoms. The van der Waals surface area contributed by atoms with Crippen molar-refractivity contribution >= 4 is 5.69 Å². The van der Waals surface area contributed by atoms with Gasteiger partial charge in [0.2, 0.25) is 0 Å². The molecule has 102 valence electrons. The lowest BCUT2D eigenvalue weighted by Gasteiger charge is -2.15. The quantitative estimate of drug-likeness (QED) is 0.918. The Morgan fingerprint density at radius 2 is 2.00 bits per heavy atom. The topological polar surface area (TPSA) is 45.0 Å². The van der Waals surface area contributed by atoms with Gasteiger partial charge in [0.1, 0.15) is 6.04 Å². The number of nitrogens with zero attached hydrogens (tertiary/aromatic N) is 1. The van der Waals surface area contributed by atoms with E-state index >= 15 is 0 Å². The van der Waals surface area contributed by atoms with E-state index in [2.05, 4.69) is 11.4 Å². The third kappa shape index (κ3) is 2.89. The van der Waals surface area contributed by atoms with Crippen LogP contribution in [0.25, 0.3) is 0 Å². The number of methoxy groups -OCH3 is 1. The number of hydrogen-bond acceptors (Lipinski definition) is 3. The normalized spacial score (nSPS) is 11.5. The minimum atomic E-state index is -0.614. The Bertz CT molecular complexity index is 649. The summed E-state index contributed by atoms with van der Waals surface area (Å²) in [6.07, 6.45) is 0. The van der Waals surface area contributed by atoms with Crippen molar-refractivity contribution in [1.29, 1.82) is 5.26 Å². The molecule has 4 heteroatoms. The Kier molecular flexibility index (Phi) is 4.21. The van der Waals surface area contributed by atoms with Crippen molar-refractivity contribution < 1.29 is 9.13 Å². The van der Waals surface area contributed by atoms with Gasteiger partial charge in [-0.15, -0.1) is 0 Å².